The number of nitrogens with two attached hydrogens (primary N) is 1. The van der Waals surface area contributed by atoms with E-state index in [2.05, 4.69) is 4.98 Å². The number of halogens is 1. The average molecular weight is 210 g/mol. The minimum absolute atomic E-state index is 0.0637. The van der Waals surface area contributed by atoms with Gasteiger partial charge in [-0.05, 0) is 25.1 Å². The van der Waals surface area contributed by atoms with Crippen molar-refractivity contribution in [2.45, 2.75) is 13.0 Å². The molecule has 0 unspecified atom stereocenters. The third-order valence-electron chi connectivity index (χ3n) is 2.28. The number of hydrogen-bond acceptors (Lipinski definition) is 2. The highest BCUT2D eigenvalue weighted by Gasteiger charge is 2.10. The van der Waals surface area contributed by atoms with Gasteiger partial charge in [-0.1, -0.05) is 11.6 Å². The summed E-state index contributed by atoms with van der Waals surface area (Å²) < 4.78 is 2.00. The zero-order valence-electron chi connectivity index (χ0n) is 8.16. The van der Waals surface area contributed by atoms with Crippen molar-refractivity contribution in [2.24, 2.45) is 12.8 Å². The van der Waals surface area contributed by atoms with Gasteiger partial charge in [-0.25, -0.2) is 4.98 Å². The van der Waals surface area contributed by atoms with Gasteiger partial charge in [0.1, 0.15) is 5.82 Å². The molecular weight excluding hydrogens is 198 g/mol. The van der Waals surface area contributed by atoms with Gasteiger partial charge in [0.05, 0.1) is 17.1 Å². The van der Waals surface area contributed by atoms with E-state index >= 15 is 0 Å². The number of hydrogen-bond donors (Lipinski definition) is 1. The first-order valence-electron chi connectivity index (χ1n) is 4.47. The Labute approximate surface area is 87.5 Å². The smallest absolute Gasteiger partial charge is 0.126 e. The third kappa shape index (κ3) is 1.38. The average Bonchev–Trinajstić information content (AvgIpc) is 2.43. The fourth-order valence-corrected chi connectivity index (χ4v) is 1.77. The van der Waals surface area contributed by atoms with Crippen LogP contribution in [0.4, 0.5) is 0 Å². The van der Waals surface area contributed by atoms with E-state index in [1.807, 2.05) is 36.7 Å². The lowest BCUT2D eigenvalue weighted by atomic mass is 10.3. The van der Waals surface area contributed by atoms with E-state index in [1.165, 1.54) is 0 Å². The zero-order chi connectivity index (χ0) is 10.3. The first kappa shape index (κ1) is 9.49. The van der Waals surface area contributed by atoms with Crippen molar-refractivity contribution in [1.82, 2.24) is 9.55 Å². The predicted molar refractivity (Wildman–Crippen MR) is 58.3 cm³/mol. The van der Waals surface area contributed by atoms with Crippen molar-refractivity contribution in [1.29, 1.82) is 0 Å². The molecule has 1 atom stereocenters. The molecule has 1 aromatic heterocycles. The summed E-state index contributed by atoms with van der Waals surface area (Å²) in [6.07, 6.45) is 0. The van der Waals surface area contributed by atoms with E-state index in [-0.39, 0.29) is 6.04 Å². The van der Waals surface area contributed by atoms with Gasteiger partial charge in [0.25, 0.3) is 0 Å². The summed E-state index contributed by atoms with van der Waals surface area (Å²) >= 11 is 5.88. The zero-order valence-corrected chi connectivity index (χ0v) is 8.92. The van der Waals surface area contributed by atoms with Gasteiger partial charge in [0.15, 0.2) is 0 Å². The number of imidazole rings is 1. The fourth-order valence-electron chi connectivity index (χ4n) is 1.60. The third-order valence-corrected chi connectivity index (χ3v) is 2.52. The van der Waals surface area contributed by atoms with Gasteiger partial charge >= 0.3 is 0 Å². The molecule has 0 fully saturated rings. The molecule has 14 heavy (non-hydrogen) atoms. The summed E-state index contributed by atoms with van der Waals surface area (Å²) in [7, 11) is 1.96. The number of benzene rings is 1. The molecule has 2 N–H and O–H groups in total. The molecule has 0 aliphatic carbocycles. The molecule has 0 saturated carbocycles. The Morgan fingerprint density at radius 1 is 1.50 bits per heavy atom. The van der Waals surface area contributed by atoms with Crippen LogP contribution >= 0.6 is 11.6 Å². The molecule has 3 nitrogen and oxygen atoms in total. The number of aromatic nitrogens is 2. The van der Waals surface area contributed by atoms with Gasteiger partial charge in [0.2, 0.25) is 0 Å². The summed E-state index contributed by atoms with van der Waals surface area (Å²) in [5.41, 5.74) is 7.75. The molecule has 1 aromatic carbocycles. The monoisotopic (exact) mass is 209 g/mol. The van der Waals surface area contributed by atoms with Gasteiger partial charge in [-0.15, -0.1) is 0 Å². The summed E-state index contributed by atoms with van der Waals surface area (Å²) in [4.78, 5) is 4.43. The molecule has 2 rings (SSSR count). The lowest BCUT2D eigenvalue weighted by Crippen LogP contribution is -2.11. The van der Waals surface area contributed by atoms with Gasteiger partial charge in [-0.3, -0.25) is 0 Å². The summed E-state index contributed by atoms with van der Waals surface area (Å²) in [6, 6.07) is 5.60. The molecule has 0 aliphatic heterocycles. The Hall–Kier alpha value is -1.06. The Bertz CT molecular complexity index is 473. The molecule has 1 heterocycles. The van der Waals surface area contributed by atoms with Crippen LogP contribution in [0.1, 0.15) is 18.8 Å². The minimum Gasteiger partial charge on any atom is -0.330 e. The molecule has 0 aliphatic rings. The van der Waals surface area contributed by atoms with Gasteiger partial charge in [-0.2, -0.15) is 0 Å². The number of aryl methyl sites for hydroxylation is 1. The summed E-state index contributed by atoms with van der Waals surface area (Å²) in [5.74, 6) is 0.877. The molecule has 0 spiro atoms. The maximum absolute atomic E-state index is 5.88. The Morgan fingerprint density at radius 3 is 2.86 bits per heavy atom. The van der Waals surface area contributed by atoms with E-state index in [9.17, 15) is 0 Å². The molecule has 0 saturated heterocycles. The fraction of sp³-hybridized carbons (Fsp3) is 0.300. The second-order valence-corrected chi connectivity index (χ2v) is 3.89. The Morgan fingerprint density at radius 2 is 2.21 bits per heavy atom. The van der Waals surface area contributed by atoms with Gasteiger partial charge in [0, 0.05) is 12.1 Å². The molecule has 74 valence electrons. The van der Waals surface area contributed by atoms with Crippen LogP contribution in [-0.4, -0.2) is 9.55 Å². The Kier molecular flexibility index (Phi) is 2.21. The normalized spacial score (nSPS) is 13.4. The maximum Gasteiger partial charge on any atom is 0.126 e. The second kappa shape index (κ2) is 3.26. The van der Waals surface area contributed by atoms with Crippen molar-refractivity contribution < 1.29 is 0 Å². The highest BCUT2D eigenvalue weighted by molar-refractivity contribution is 6.31. The van der Waals surface area contributed by atoms with Crippen LogP contribution in [0.25, 0.3) is 11.0 Å². The lowest BCUT2D eigenvalue weighted by Gasteiger charge is -2.04. The topological polar surface area (TPSA) is 43.8 Å². The van der Waals surface area contributed by atoms with Crippen molar-refractivity contribution in [3.05, 3.63) is 29.0 Å². The van der Waals surface area contributed by atoms with Crippen LogP contribution in [0.5, 0.6) is 0 Å². The van der Waals surface area contributed by atoms with Gasteiger partial charge < -0.3 is 10.3 Å². The molecule has 0 bridgehead atoms. The van der Waals surface area contributed by atoms with Crippen LogP contribution in [0, 0.1) is 0 Å². The lowest BCUT2D eigenvalue weighted by molar-refractivity contribution is 0.696. The van der Waals surface area contributed by atoms with E-state index in [1.54, 1.807) is 0 Å². The quantitative estimate of drug-likeness (QED) is 0.783. The molecule has 0 amide bonds. The number of rotatable bonds is 1. The van der Waals surface area contributed by atoms with Crippen molar-refractivity contribution >= 4 is 22.6 Å². The van der Waals surface area contributed by atoms with Crippen molar-refractivity contribution in [3.63, 3.8) is 0 Å². The number of nitrogens with zero attached hydrogens (tertiary/aromatic N) is 2. The summed E-state index contributed by atoms with van der Waals surface area (Å²) in [6.45, 7) is 1.92. The Balaban J connectivity index is 2.73. The molecular formula is C10H12ClN3. The molecule has 4 heteroatoms. The van der Waals surface area contributed by atoms with Crippen molar-refractivity contribution in [3.8, 4) is 0 Å². The maximum atomic E-state index is 5.88. The highest BCUT2D eigenvalue weighted by atomic mass is 35.5. The second-order valence-electron chi connectivity index (χ2n) is 3.45. The molecule has 0 radical (unpaired) electrons. The van der Waals surface area contributed by atoms with E-state index in [0.29, 0.717) is 5.02 Å². The van der Waals surface area contributed by atoms with Crippen LogP contribution in [0.3, 0.4) is 0 Å². The molecule has 2 aromatic rings. The van der Waals surface area contributed by atoms with Crippen LogP contribution < -0.4 is 5.73 Å². The first-order chi connectivity index (χ1) is 6.59. The van der Waals surface area contributed by atoms with Crippen molar-refractivity contribution in [2.75, 3.05) is 0 Å². The highest BCUT2D eigenvalue weighted by Crippen LogP contribution is 2.21. The summed E-state index contributed by atoms with van der Waals surface area (Å²) in [5, 5.41) is 0.701. The van der Waals surface area contributed by atoms with E-state index < -0.39 is 0 Å². The standard InChI is InChI=1S/C10H12ClN3/c1-6(12)10-13-8-5-7(11)3-4-9(8)14(10)2/h3-6H,12H2,1-2H3/t6-/m0/s1. The minimum atomic E-state index is -0.0637. The van der Waals surface area contributed by atoms with E-state index in [4.69, 9.17) is 17.3 Å². The van der Waals surface area contributed by atoms with Crippen LogP contribution in [-0.2, 0) is 7.05 Å². The van der Waals surface area contributed by atoms with Crippen LogP contribution in [0.15, 0.2) is 18.2 Å². The SMILES string of the molecule is C[C@H](N)c1nc2cc(Cl)ccc2n1C. The predicted octanol–water partition coefficient (Wildman–Crippen LogP) is 2.25. The largest absolute Gasteiger partial charge is 0.330 e. The van der Waals surface area contributed by atoms with Crippen LogP contribution in [0.2, 0.25) is 5.02 Å². The number of fused-ring (bicyclic) bond motifs is 1. The van der Waals surface area contributed by atoms with E-state index in [0.717, 1.165) is 16.9 Å². The first-order valence-corrected chi connectivity index (χ1v) is 4.85.